The minimum Gasteiger partial charge on any atom is -0.481 e. The number of rotatable bonds is 4. The zero-order chi connectivity index (χ0) is 13.2. The van der Waals surface area contributed by atoms with Crippen molar-refractivity contribution in [3.05, 3.63) is 29.3 Å². The smallest absolute Gasteiger partial charge is 0.310 e. The minimum absolute atomic E-state index is 0.0717. The second kappa shape index (κ2) is 4.75. The SMILES string of the molecule is Cc1ccc(C(C)C(=O)O)c(OS(C)(=O)=O)c1. The van der Waals surface area contributed by atoms with Crippen LogP contribution in [0.3, 0.4) is 0 Å². The van der Waals surface area contributed by atoms with Gasteiger partial charge in [0.05, 0.1) is 12.2 Å². The summed E-state index contributed by atoms with van der Waals surface area (Å²) in [5.41, 5.74) is 1.14. The van der Waals surface area contributed by atoms with Gasteiger partial charge in [0.2, 0.25) is 0 Å². The van der Waals surface area contributed by atoms with Crippen LogP contribution in [0.15, 0.2) is 18.2 Å². The van der Waals surface area contributed by atoms with E-state index in [0.29, 0.717) is 5.56 Å². The van der Waals surface area contributed by atoms with Crippen molar-refractivity contribution in [2.75, 3.05) is 6.26 Å². The van der Waals surface area contributed by atoms with Crippen LogP contribution in [0.2, 0.25) is 0 Å². The lowest BCUT2D eigenvalue weighted by Gasteiger charge is -2.13. The molecular formula is C11H14O5S. The van der Waals surface area contributed by atoms with Crippen molar-refractivity contribution in [3.63, 3.8) is 0 Å². The highest BCUT2D eigenvalue weighted by Gasteiger charge is 2.20. The molecule has 0 aliphatic heterocycles. The fraction of sp³-hybridized carbons (Fsp3) is 0.364. The van der Waals surface area contributed by atoms with Gasteiger partial charge in [-0.2, -0.15) is 8.42 Å². The fourth-order valence-corrected chi connectivity index (χ4v) is 1.84. The lowest BCUT2D eigenvalue weighted by Crippen LogP contribution is -2.12. The number of aliphatic carboxylic acids is 1. The topological polar surface area (TPSA) is 80.7 Å². The molecule has 0 amide bonds. The Labute approximate surface area is 100 Å². The van der Waals surface area contributed by atoms with Gasteiger partial charge in [-0.15, -0.1) is 0 Å². The number of benzene rings is 1. The van der Waals surface area contributed by atoms with E-state index in [1.54, 1.807) is 19.1 Å². The Balaban J connectivity index is 3.26. The Morgan fingerprint density at radius 2 is 2.00 bits per heavy atom. The zero-order valence-corrected chi connectivity index (χ0v) is 10.6. The molecule has 0 aliphatic carbocycles. The summed E-state index contributed by atoms with van der Waals surface area (Å²) in [7, 11) is -3.67. The highest BCUT2D eigenvalue weighted by atomic mass is 32.2. The molecule has 1 aromatic rings. The molecule has 0 radical (unpaired) electrons. The lowest BCUT2D eigenvalue weighted by atomic mass is 9.99. The molecular weight excluding hydrogens is 244 g/mol. The first-order chi connectivity index (χ1) is 7.70. The standard InChI is InChI=1S/C11H14O5S/c1-7-4-5-9(8(2)11(12)13)10(6-7)16-17(3,14)15/h4-6,8H,1-3H3,(H,12,13). The summed E-state index contributed by atoms with van der Waals surface area (Å²) < 4.78 is 27.0. The van der Waals surface area contributed by atoms with Crippen LogP contribution < -0.4 is 4.18 Å². The van der Waals surface area contributed by atoms with Gasteiger partial charge in [-0.05, 0) is 25.5 Å². The van der Waals surface area contributed by atoms with Crippen molar-refractivity contribution in [1.29, 1.82) is 0 Å². The molecule has 0 fully saturated rings. The molecule has 1 unspecified atom stereocenters. The normalized spacial score (nSPS) is 13.1. The van der Waals surface area contributed by atoms with Gasteiger partial charge in [0.25, 0.3) is 0 Å². The van der Waals surface area contributed by atoms with Gasteiger partial charge in [-0.25, -0.2) is 0 Å². The lowest BCUT2D eigenvalue weighted by molar-refractivity contribution is -0.138. The molecule has 1 atom stereocenters. The van der Waals surface area contributed by atoms with Crippen LogP contribution in [0, 0.1) is 6.92 Å². The number of aryl methyl sites for hydroxylation is 1. The Morgan fingerprint density at radius 1 is 1.41 bits per heavy atom. The zero-order valence-electron chi connectivity index (χ0n) is 9.80. The summed E-state index contributed by atoms with van der Waals surface area (Å²) in [6.45, 7) is 3.24. The second-order valence-corrected chi connectivity index (χ2v) is 5.46. The van der Waals surface area contributed by atoms with Crippen LogP contribution >= 0.6 is 0 Å². The maximum atomic E-state index is 11.1. The first-order valence-electron chi connectivity index (χ1n) is 4.93. The van der Waals surface area contributed by atoms with Crippen LogP contribution in [0.4, 0.5) is 0 Å². The molecule has 1 N–H and O–H groups in total. The van der Waals surface area contributed by atoms with E-state index in [0.717, 1.165) is 11.8 Å². The largest absolute Gasteiger partial charge is 0.481 e. The molecule has 94 valence electrons. The predicted molar refractivity (Wildman–Crippen MR) is 62.7 cm³/mol. The number of hydrogen-bond acceptors (Lipinski definition) is 4. The average Bonchev–Trinajstić information content (AvgIpc) is 2.14. The molecule has 0 aliphatic rings. The van der Waals surface area contributed by atoms with E-state index in [-0.39, 0.29) is 5.75 Å². The van der Waals surface area contributed by atoms with E-state index >= 15 is 0 Å². The number of carboxylic acid groups (broad SMARTS) is 1. The van der Waals surface area contributed by atoms with Crippen LogP contribution in [0.25, 0.3) is 0 Å². The fourth-order valence-electron chi connectivity index (χ4n) is 1.37. The Bertz CT molecular complexity index is 533. The molecule has 17 heavy (non-hydrogen) atoms. The maximum Gasteiger partial charge on any atom is 0.310 e. The molecule has 0 saturated heterocycles. The predicted octanol–water partition coefficient (Wildman–Crippen LogP) is 1.52. The van der Waals surface area contributed by atoms with Gasteiger partial charge in [0, 0.05) is 5.56 Å². The van der Waals surface area contributed by atoms with Gasteiger partial charge < -0.3 is 9.29 Å². The van der Waals surface area contributed by atoms with E-state index in [2.05, 4.69) is 0 Å². The molecule has 1 aromatic carbocycles. The number of hydrogen-bond donors (Lipinski definition) is 1. The Morgan fingerprint density at radius 3 is 2.47 bits per heavy atom. The first-order valence-corrected chi connectivity index (χ1v) is 6.75. The third-order valence-electron chi connectivity index (χ3n) is 2.25. The molecule has 0 heterocycles. The monoisotopic (exact) mass is 258 g/mol. The molecule has 5 nitrogen and oxygen atoms in total. The van der Waals surface area contributed by atoms with Crippen molar-refractivity contribution in [2.45, 2.75) is 19.8 Å². The number of carbonyl (C=O) groups is 1. The number of carboxylic acids is 1. The summed E-state index contributed by atoms with van der Waals surface area (Å²) in [5, 5.41) is 8.92. The molecule has 1 rings (SSSR count). The van der Waals surface area contributed by atoms with Crippen molar-refractivity contribution < 1.29 is 22.5 Å². The summed E-state index contributed by atoms with van der Waals surface area (Å²) >= 11 is 0. The van der Waals surface area contributed by atoms with Crippen LogP contribution in [0.1, 0.15) is 24.0 Å². The Kier molecular flexibility index (Phi) is 3.77. The first kappa shape index (κ1) is 13.5. The quantitative estimate of drug-likeness (QED) is 0.828. The molecule has 6 heteroatoms. The average molecular weight is 258 g/mol. The minimum atomic E-state index is -3.67. The van der Waals surface area contributed by atoms with Gasteiger partial charge in [0.15, 0.2) is 0 Å². The van der Waals surface area contributed by atoms with Gasteiger partial charge in [-0.1, -0.05) is 12.1 Å². The van der Waals surface area contributed by atoms with E-state index in [1.807, 2.05) is 0 Å². The summed E-state index contributed by atoms with van der Waals surface area (Å²) in [6.07, 6.45) is 0.921. The van der Waals surface area contributed by atoms with Crippen molar-refractivity contribution in [3.8, 4) is 5.75 Å². The second-order valence-electron chi connectivity index (χ2n) is 3.89. The third kappa shape index (κ3) is 3.74. The van der Waals surface area contributed by atoms with Crippen LogP contribution in [-0.4, -0.2) is 25.7 Å². The van der Waals surface area contributed by atoms with Crippen molar-refractivity contribution >= 4 is 16.1 Å². The van der Waals surface area contributed by atoms with Gasteiger partial charge in [0.1, 0.15) is 5.75 Å². The maximum absolute atomic E-state index is 11.1. The van der Waals surface area contributed by atoms with Crippen LogP contribution in [-0.2, 0) is 14.9 Å². The summed E-state index contributed by atoms with van der Waals surface area (Å²) in [6, 6.07) is 4.79. The molecule has 0 saturated carbocycles. The van der Waals surface area contributed by atoms with Gasteiger partial charge in [-0.3, -0.25) is 4.79 Å². The van der Waals surface area contributed by atoms with E-state index in [9.17, 15) is 13.2 Å². The van der Waals surface area contributed by atoms with E-state index in [4.69, 9.17) is 9.29 Å². The summed E-state index contributed by atoms with van der Waals surface area (Å²) in [4.78, 5) is 10.9. The molecule has 0 aromatic heterocycles. The summed E-state index contributed by atoms with van der Waals surface area (Å²) in [5.74, 6) is -1.79. The Hall–Kier alpha value is -1.56. The third-order valence-corrected chi connectivity index (χ3v) is 2.73. The highest BCUT2D eigenvalue weighted by molar-refractivity contribution is 7.86. The molecule has 0 spiro atoms. The van der Waals surface area contributed by atoms with E-state index in [1.165, 1.54) is 13.0 Å². The van der Waals surface area contributed by atoms with Crippen molar-refractivity contribution in [2.24, 2.45) is 0 Å². The highest BCUT2D eigenvalue weighted by Crippen LogP contribution is 2.28. The van der Waals surface area contributed by atoms with Crippen LogP contribution in [0.5, 0.6) is 5.75 Å². The van der Waals surface area contributed by atoms with E-state index < -0.39 is 22.0 Å². The van der Waals surface area contributed by atoms with Crippen molar-refractivity contribution in [1.82, 2.24) is 0 Å². The molecule has 0 bridgehead atoms. The van der Waals surface area contributed by atoms with Gasteiger partial charge >= 0.3 is 16.1 Å².